The van der Waals surface area contributed by atoms with Crippen molar-refractivity contribution in [2.75, 3.05) is 6.61 Å². The van der Waals surface area contributed by atoms with E-state index >= 15 is 0 Å². The minimum atomic E-state index is -2.94. The standard InChI is InChI=1S/C25H27O3P/c26-19-18-25(17-10-20-28-21-22-11-4-1-5-12-22)29(27,23-13-6-2-7-14-23)24-15-8-3-9-16-24/h1-9,11-16,19,25H,10,17-18,20-21H2/t25-/m1/s1. The molecule has 3 aromatic rings. The van der Waals surface area contributed by atoms with Crippen LogP contribution < -0.4 is 10.6 Å². The first-order valence-corrected chi connectivity index (χ1v) is 11.8. The molecule has 0 bridgehead atoms. The van der Waals surface area contributed by atoms with Crippen molar-refractivity contribution in [1.29, 1.82) is 0 Å². The van der Waals surface area contributed by atoms with Gasteiger partial charge >= 0.3 is 0 Å². The summed E-state index contributed by atoms with van der Waals surface area (Å²) in [6.07, 6.45) is 2.61. The Morgan fingerprint density at radius 3 is 1.83 bits per heavy atom. The van der Waals surface area contributed by atoms with Crippen LogP contribution in [0.5, 0.6) is 0 Å². The Morgan fingerprint density at radius 2 is 1.31 bits per heavy atom. The molecule has 0 amide bonds. The van der Waals surface area contributed by atoms with Crippen LogP contribution in [0.2, 0.25) is 0 Å². The molecule has 4 heteroatoms. The minimum Gasteiger partial charge on any atom is -0.377 e. The number of rotatable bonds is 11. The lowest BCUT2D eigenvalue weighted by Crippen LogP contribution is -2.26. The molecule has 0 heterocycles. The zero-order valence-corrected chi connectivity index (χ0v) is 17.4. The van der Waals surface area contributed by atoms with Crippen molar-refractivity contribution in [3.05, 3.63) is 96.6 Å². The predicted molar refractivity (Wildman–Crippen MR) is 120 cm³/mol. The van der Waals surface area contributed by atoms with E-state index in [1.165, 1.54) is 0 Å². The van der Waals surface area contributed by atoms with Crippen LogP contribution in [0.3, 0.4) is 0 Å². The lowest BCUT2D eigenvalue weighted by Gasteiger charge is -2.27. The van der Waals surface area contributed by atoms with Gasteiger partial charge in [-0.05, 0) is 18.4 Å². The van der Waals surface area contributed by atoms with Crippen molar-refractivity contribution in [1.82, 2.24) is 0 Å². The second-order valence-electron chi connectivity index (χ2n) is 7.07. The summed E-state index contributed by atoms with van der Waals surface area (Å²) in [6.45, 7) is 1.14. The Bertz CT molecular complexity index is 867. The maximum atomic E-state index is 14.4. The molecule has 0 spiro atoms. The van der Waals surface area contributed by atoms with Gasteiger partial charge in [0.1, 0.15) is 13.4 Å². The fourth-order valence-corrected chi connectivity index (χ4v) is 6.91. The quantitative estimate of drug-likeness (QED) is 0.257. The van der Waals surface area contributed by atoms with Crippen molar-refractivity contribution < 1.29 is 14.1 Å². The van der Waals surface area contributed by atoms with Gasteiger partial charge in [0.05, 0.1) is 6.61 Å². The number of aldehydes is 1. The van der Waals surface area contributed by atoms with Gasteiger partial charge in [-0.3, -0.25) is 0 Å². The molecule has 1 atom stereocenters. The first-order chi connectivity index (χ1) is 14.2. The van der Waals surface area contributed by atoms with E-state index in [9.17, 15) is 9.36 Å². The van der Waals surface area contributed by atoms with Gasteiger partial charge in [0.15, 0.2) is 0 Å². The molecule has 0 aliphatic heterocycles. The normalized spacial score (nSPS) is 12.4. The molecule has 0 radical (unpaired) electrons. The summed E-state index contributed by atoms with van der Waals surface area (Å²) in [5, 5.41) is 1.62. The number of benzene rings is 3. The van der Waals surface area contributed by atoms with Gasteiger partial charge in [0.25, 0.3) is 0 Å². The highest BCUT2D eigenvalue weighted by molar-refractivity contribution is 7.79. The highest BCUT2D eigenvalue weighted by Gasteiger charge is 2.35. The van der Waals surface area contributed by atoms with E-state index in [4.69, 9.17) is 4.74 Å². The molecule has 0 saturated carbocycles. The van der Waals surface area contributed by atoms with Gasteiger partial charge in [0, 0.05) is 29.3 Å². The van der Waals surface area contributed by atoms with E-state index in [-0.39, 0.29) is 12.1 Å². The topological polar surface area (TPSA) is 43.4 Å². The van der Waals surface area contributed by atoms with Crippen LogP contribution in [0, 0.1) is 0 Å². The molecule has 0 fully saturated rings. The molecule has 0 unspecified atom stereocenters. The van der Waals surface area contributed by atoms with Crippen molar-refractivity contribution in [2.24, 2.45) is 0 Å². The van der Waals surface area contributed by atoms with Crippen LogP contribution in [0.1, 0.15) is 24.8 Å². The van der Waals surface area contributed by atoms with Crippen LogP contribution in [-0.4, -0.2) is 18.6 Å². The van der Waals surface area contributed by atoms with Gasteiger partial charge in [-0.2, -0.15) is 0 Å². The maximum Gasteiger partial charge on any atom is 0.146 e. The molecule has 29 heavy (non-hydrogen) atoms. The van der Waals surface area contributed by atoms with Crippen molar-refractivity contribution in [2.45, 2.75) is 31.5 Å². The minimum absolute atomic E-state index is 0.231. The smallest absolute Gasteiger partial charge is 0.146 e. The van der Waals surface area contributed by atoms with Crippen molar-refractivity contribution >= 4 is 24.0 Å². The van der Waals surface area contributed by atoms with E-state index in [1.807, 2.05) is 91.0 Å². The summed E-state index contributed by atoms with van der Waals surface area (Å²) in [7, 11) is -2.94. The molecular weight excluding hydrogens is 379 g/mol. The summed E-state index contributed by atoms with van der Waals surface area (Å²) < 4.78 is 20.2. The third-order valence-corrected chi connectivity index (χ3v) is 8.73. The Hall–Kier alpha value is -2.48. The summed E-state index contributed by atoms with van der Waals surface area (Å²) in [5.41, 5.74) is 0.904. The first kappa shape index (κ1) is 21.2. The highest BCUT2D eigenvalue weighted by atomic mass is 31.2. The van der Waals surface area contributed by atoms with Crippen molar-refractivity contribution in [3.63, 3.8) is 0 Å². The van der Waals surface area contributed by atoms with Gasteiger partial charge in [-0.1, -0.05) is 91.0 Å². The van der Waals surface area contributed by atoms with Crippen molar-refractivity contribution in [3.8, 4) is 0 Å². The number of carbonyl (C=O) groups excluding carboxylic acids is 1. The molecule has 150 valence electrons. The zero-order valence-electron chi connectivity index (χ0n) is 16.5. The van der Waals surface area contributed by atoms with Gasteiger partial charge in [-0.15, -0.1) is 0 Å². The number of carbonyl (C=O) groups is 1. The second kappa shape index (κ2) is 10.9. The Morgan fingerprint density at radius 1 is 0.793 bits per heavy atom. The van der Waals surface area contributed by atoms with Gasteiger partial charge in [0.2, 0.25) is 0 Å². The fourth-order valence-electron chi connectivity index (χ4n) is 3.61. The van der Waals surface area contributed by atoms with E-state index in [2.05, 4.69) is 0 Å². The predicted octanol–water partition coefficient (Wildman–Crippen LogP) is 4.96. The Balaban J connectivity index is 1.73. The Kier molecular flexibility index (Phi) is 7.98. The molecule has 0 aliphatic rings. The average Bonchev–Trinajstić information content (AvgIpc) is 2.79. The summed E-state index contributed by atoms with van der Waals surface area (Å²) >= 11 is 0. The van der Waals surface area contributed by atoms with Crippen LogP contribution in [-0.2, 0) is 20.7 Å². The molecule has 0 aromatic heterocycles. The first-order valence-electron chi connectivity index (χ1n) is 10.0. The fraction of sp³-hybridized carbons (Fsp3) is 0.240. The lowest BCUT2D eigenvalue weighted by molar-refractivity contribution is -0.107. The molecule has 3 nitrogen and oxygen atoms in total. The highest BCUT2D eigenvalue weighted by Crippen LogP contribution is 2.51. The van der Waals surface area contributed by atoms with Crippen LogP contribution in [0.15, 0.2) is 91.0 Å². The number of ether oxygens (including phenoxy) is 1. The van der Waals surface area contributed by atoms with E-state index in [0.717, 1.165) is 28.9 Å². The Labute approximate surface area is 173 Å². The van der Waals surface area contributed by atoms with Gasteiger partial charge < -0.3 is 14.1 Å². The lowest BCUT2D eigenvalue weighted by atomic mass is 10.2. The molecule has 0 aliphatic carbocycles. The molecule has 3 aromatic carbocycles. The van der Waals surface area contributed by atoms with E-state index in [0.29, 0.717) is 19.6 Å². The average molecular weight is 406 g/mol. The zero-order chi connectivity index (χ0) is 20.4. The largest absolute Gasteiger partial charge is 0.377 e. The van der Waals surface area contributed by atoms with Crippen LogP contribution >= 0.6 is 7.14 Å². The van der Waals surface area contributed by atoms with Crippen LogP contribution in [0.4, 0.5) is 0 Å². The van der Waals surface area contributed by atoms with Crippen LogP contribution in [0.25, 0.3) is 0 Å². The SMILES string of the molecule is O=CC[C@@H](CCCOCc1ccccc1)P(=O)(c1ccccc1)c1ccccc1. The van der Waals surface area contributed by atoms with E-state index < -0.39 is 7.14 Å². The monoisotopic (exact) mass is 406 g/mol. The molecular formula is C25H27O3P. The van der Waals surface area contributed by atoms with Gasteiger partial charge in [-0.25, -0.2) is 0 Å². The third-order valence-electron chi connectivity index (χ3n) is 5.10. The third kappa shape index (κ3) is 5.53. The summed E-state index contributed by atoms with van der Waals surface area (Å²) in [5.74, 6) is 0. The maximum absolute atomic E-state index is 14.4. The molecule has 0 saturated heterocycles. The second-order valence-corrected chi connectivity index (χ2v) is 10.1. The molecule has 3 rings (SSSR count). The molecule has 0 N–H and O–H groups in total. The van der Waals surface area contributed by atoms with E-state index in [1.54, 1.807) is 0 Å². The number of hydrogen-bond acceptors (Lipinski definition) is 3. The number of hydrogen-bond donors (Lipinski definition) is 0. The summed E-state index contributed by atoms with van der Waals surface area (Å²) in [6, 6.07) is 29.2. The summed E-state index contributed by atoms with van der Waals surface area (Å²) in [4.78, 5) is 11.4.